The topological polar surface area (TPSA) is 29.3 Å². The SMILES string of the molecule is FC(F)(F)CN(CCBr)c1nc2ccccc2o1. The molecule has 7 heteroatoms. The van der Waals surface area contributed by atoms with Gasteiger partial charge in [-0.3, -0.25) is 0 Å². The molecule has 0 saturated heterocycles. The van der Waals surface area contributed by atoms with Gasteiger partial charge in [0.1, 0.15) is 12.1 Å². The van der Waals surface area contributed by atoms with Crippen molar-refractivity contribution in [1.82, 2.24) is 4.98 Å². The number of hydrogen-bond acceptors (Lipinski definition) is 3. The van der Waals surface area contributed by atoms with E-state index in [0.717, 1.165) is 4.90 Å². The molecule has 98 valence electrons. The van der Waals surface area contributed by atoms with Crippen LogP contribution in [0.2, 0.25) is 0 Å². The van der Waals surface area contributed by atoms with Crippen molar-refractivity contribution in [2.24, 2.45) is 0 Å². The smallest absolute Gasteiger partial charge is 0.406 e. The molecule has 18 heavy (non-hydrogen) atoms. The van der Waals surface area contributed by atoms with E-state index in [-0.39, 0.29) is 12.6 Å². The molecule has 0 aliphatic rings. The maximum absolute atomic E-state index is 12.4. The van der Waals surface area contributed by atoms with E-state index in [4.69, 9.17) is 4.42 Å². The highest BCUT2D eigenvalue weighted by Crippen LogP contribution is 2.25. The van der Waals surface area contributed by atoms with E-state index in [1.807, 2.05) is 0 Å². The van der Waals surface area contributed by atoms with Gasteiger partial charge in [-0.15, -0.1) is 0 Å². The zero-order chi connectivity index (χ0) is 13.2. The van der Waals surface area contributed by atoms with Crippen LogP contribution in [-0.2, 0) is 0 Å². The summed E-state index contributed by atoms with van der Waals surface area (Å²) in [5.74, 6) is 0. The van der Waals surface area contributed by atoms with Crippen molar-refractivity contribution in [1.29, 1.82) is 0 Å². The second-order valence-electron chi connectivity index (χ2n) is 3.69. The Hall–Kier alpha value is -1.24. The van der Waals surface area contributed by atoms with E-state index in [0.29, 0.717) is 16.4 Å². The standard InChI is InChI=1S/C11H10BrF3N2O/c12-5-6-17(7-11(13,14)15)10-16-8-3-1-2-4-9(8)18-10/h1-4H,5-7H2. The molecule has 2 rings (SSSR count). The van der Waals surface area contributed by atoms with Gasteiger partial charge >= 0.3 is 6.18 Å². The van der Waals surface area contributed by atoms with Crippen LogP contribution in [0.25, 0.3) is 11.1 Å². The van der Waals surface area contributed by atoms with Crippen molar-refractivity contribution in [3.63, 3.8) is 0 Å². The van der Waals surface area contributed by atoms with Gasteiger partial charge in [-0.05, 0) is 12.1 Å². The van der Waals surface area contributed by atoms with Crippen molar-refractivity contribution in [2.75, 3.05) is 23.3 Å². The first-order valence-corrected chi connectivity index (χ1v) is 6.35. The molecule has 0 aliphatic carbocycles. The summed E-state index contributed by atoms with van der Waals surface area (Å²) in [6.45, 7) is -0.905. The van der Waals surface area contributed by atoms with Crippen molar-refractivity contribution < 1.29 is 17.6 Å². The second-order valence-corrected chi connectivity index (χ2v) is 4.48. The largest absolute Gasteiger partial charge is 0.423 e. The summed E-state index contributed by atoms with van der Waals surface area (Å²) in [4.78, 5) is 5.12. The van der Waals surface area contributed by atoms with E-state index in [1.165, 1.54) is 0 Å². The monoisotopic (exact) mass is 322 g/mol. The summed E-state index contributed by atoms with van der Waals surface area (Å²) in [6, 6.07) is 6.87. The minimum atomic E-state index is -4.29. The first kappa shape index (κ1) is 13.2. The van der Waals surface area contributed by atoms with Crippen LogP contribution in [0.15, 0.2) is 28.7 Å². The molecule has 0 N–H and O–H groups in total. The number of oxazole rings is 1. The molecule has 0 atom stereocenters. The molecule has 1 aromatic carbocycles. The fourth-order valence-corrected chi connectivity index (χ4v) is 1.98. The molecule has 2 aromatic rings. The molecule has 1 aromatic heterocycles. The van der Waals surface area contributed by atoms with Crippen LogP contribution < -0.4 is 4.90 Å². The average molecular weight is 323 g/mol. The van der Waals surface area contributed by atoms with Gasteiger partial charge in [0.05, 0.1) is 0 Å². The van der Waals surface area contributed by atoms with Crippen LogP contribution in [0.3, 0.4) is 0 Å². The molecule has 0 unspecified atom stereocenters. The molecule has 0 bridgehead atoms. The lowest BCUT2D eigenvalue weighted by Gasteiger charge is -2.20. The number of nitrogens with zero attached hydrogens (tertiary/aromatic N) is 2. The molecule has 0 spiro atoms. The third-order valence-electron chi connectivity index (χ3n) is 2.28. The molecule has 1 heterocycles. The molecule has 3 nitrogen and oxygen atoms in total. The average Bonchev–Trinajstić information content (AvgIpc) is 2.70. The third-order valence-corrected chi connectivity index (χ3v) is 2.63. The minimum absolute atomic E-state index is 0.00650. The third kappa shape index (κ3) is 3.16. The van der Waals surface area contributed by atoms with Gasteiger partial charge in [-0.2, -0.15) is 18.2 Å². The van der Waals surface area contributed by atoms with Crippen LogP contribution in [0.4, 0.5) is 19.2 Å². The summed E-state index contributed by atoms with van der Waals surface area (Å²) < 4.78 is 42.7. The molecule has 0 amide bonds. The van der Waals surface area contributed by atoms with Crippen LogP contribution in [-0.4, -0.2) is 29.6 Å². The quantitative estimate of drug-likeness (QED) is 0.805. The van der Waals surface area contributed by atoms with Gasteiger partial charge in [0.15, 0.2) is 5.58 Å². The van der Waals surface area contributed by atoms with Crippen LogP contribution >= 0.6 is 15.9 Å². The van der Waals surface area contributed by atoms with E-state index in [9.17, 15) is 13.2 Å². The van der Waals surface area contributed by atoms with Gasteiger partial charge in [0.2, 0.25) is 0 Å². The predicted molar refractivity (Wildman–Crippen MR) is 66.1 cm³/mol. The number of hydrogen-bond donors (Lipinski definition) is 0. The number of para-hydroxylation sites is 2. The van der Waals surface area contributed by atoms with Crippen molar-refractivity contribution in [3.8, 4) is 0 Å². The maximum Gasteiger partial charge on any atom is 0.406 e. The highest BCUT2D eigenvalue weighted by Gasteiger charge is 2.32. The van der Waals surface area contributed by atoms with Crippen LogP contribution in [0.5, 0.6) is 0 Å². The van der Waals surface area contributed by atoms with Crippen LogP contribution in [0, 0.1) is 0 Å². The Bertz CT molecular complexity index is 493. The summed E-state index contributed by atoms with van der Waals surface area (Å²) in [5.41, 5.74) is 1.03. The normalized spacial score (nSPS) is 12.0. The fourth-order valence-electron chi connectivity index (χ4n) is 1.56. The van der Waals surface area contributed by atoms with E-state index >= 15 is 0 Å². The number of aromatic nitrogens is 1. The second kappa shape index (κ2) is 5.17. The molecule has 0 saturated carbocycles. The minimum Gasteiger partial charge on any atom is -0.423 e. The Balaban J connectivity index is 2.29. The predicted octanol–water partition coefficient (Wildman–Crippen LogP) is 3.59. The van der Waals surface area contributed by atoms with E-state index in [1.54, 1.807) is 24.3 Å². The molecule has 0 radical (unpaired) electrons. The van der Waals surface area contributed by atoms with Gasteiger partial charge < -0.3 is 9.32 Å². The number of alkyl halides is 4. The maximum atomic E-state index is 12.4. The van der Waals surface area contributed by atoms with Gasteiger partial charge in [0.25, 0.3) is 6.01 Å². The highest BCUT2D eigenvalue weighted by atomic mass is 79.9. The Morgan fingerprint density at radius 1 is 1.28 bits per heavy atom. The van der Waals surface area contributed by atoms with Crippen LogP contribution in [0.1, 0.15) is 0 Å². The summed E-state index contributed by atoms with van der Waals surface area (Å²) >= 11 is 3.12. The first-order valence-electron chi connectivity index (χ1n) is 5.23. The van der Waals surface area contributed by atoms with Crippen molar-refractivity contribution in [3.05, 3.63) is 24.3 Å². The summed E-state index contributed by atoms with van der Waals surface area (Å²) in [7, 11) is 0. The number of benzene rings is 1. The highest BCUT2D eigenvalue weighted by molar-refractivity contribution is 9.09. The van der Waals surface area contributed by atoms with Crippen molar-refractivity contribution in [2.45, 2.75) is 6.18 Å². The van der Waals surface area contributed by atoms with Gasteiger partial charge in [-0.25, -0.2) is 0 Å². The summed E-state index contributed by atoms with van der Waals surface area (Å²) in [5, 5.41) is 0.405. The fraction of sp³-hybridized carbons (Fsp3) is 0.364. The molecular weight excluding hydrogens is 313 g/mol. The lowest BCUT2D eigenvalue weighted by atomic mass is 10.3. The first-order chi connectivity index (χ1) is 8.49. The van der Waals surface area contributed by atoms with E-state index < -0.39 is 12.7 Å². The number of fused-ring (bicyclic) bond motifs is 1. The van der Waals surface area contributed by atoms with Gasteiger partial charge in [0, 0.05) is 11.9 Å². The Labute approximate surface area is 110 Å². The molecule has 0 fully saturated rings. The van der Waals surface area contributed by atoms with E-state index in [2.05, 4.69) is 20.9 Å². The Morgan fingerprint density at radius 3 is 2.61 bits per heavy atom. The lowest BCUT2D eigenvalue weighted by Crippen LogP contribution is -2.35. The number of rotatable bonds is 4. The zero-order valence-electron chi connectivity index (χ0n) is 9.25. The van der Waals surface area contributed by atoms with Crippen molar-refractivity contribution >= 4 is 33.0 Å². The molecular formula is C11H10BrF3N2O. The number of anilines is 1. The zero-order valence-corrected chi connectivity index (χ0v) is 10.8. The summed E-state index contributed by atoms with van der Waals surface area (Å²) in [6.07, 6.45) is -4.29. The lowest BCUT2D eigenvalue weighted by molar-refractivity contribution is -0.120. The Kier molecular flexibility index (Phi) is 3.79. The Morgan fingerprint density at radius 2 is 2.00 bits per heavy atom. The van der Waals surface area contributed by atoms with Gasteiger partial charge in [-0.1, -0.05) is 28.1 Å². The molecule has 0 aliphatic heterocycles. The number of halogens is 4.